The smallest absolute Gasteiger partial charge is 0.131 e. The molecule has 108 valence electrons. The second kappa shape index (κ2) is 5.48. The van der Waals surface area contributed by atoms with Gasteiger partial charge in [-0.05, 0) is 41.8 Å². The lowest BCUT2D eigenvalue weighted by Gasteiger charge is -2.16. The molecule has 6 heteroatoms. The molecule has 0 aliphatic rings. The number of hydrazine groups is 1. The Hall–Kier alpha value is -1.89. The summed E-state index contributed by atoms with van der Waals surface area (Å²) in [5.41, 5.74) is 2.28. The second-order valence-electron chi connectivity index (χ2n) is 4.57. The number of rotatable bonds is 3. The first kappa shape index (κ1) is 14.1. The van der Waals surface area contributed by atoms with Crippen LogP contribution >= 0.6 is 11.3 Å². The van der Waals surface area contributed by atoms with Crippen LogP contribution in [0.1, 0.15) is 16.5 Å². The fourth-order valence-corrected chi connectivity index (χ4v) is 3.39. The van der Waals surface area contributed by atoms with Gasteiger partial charge in [-0.2, -0.15) is 0 Å². The van der Waals surface area contributed by atoms with E-state index in [1.807, 2.05) is 0 Å². The maximum atomic E-state index is 13.9. The largest absolute Gasteiger partial charge is 0.271 e. The van der Waals surface area contributed by atoms with Gasteiger partial charge < -0.3 is 0 Å². The zero-order valence-corrected chi connectivity index (χ0v) is 11.6. The summed E-state index contributed by atoms with van der Waals surface area (Å²) in [7, 11) is 0. The van der Waals surface area contributed by atoms with Gasteiger partial charge in [-0.25, -0.2) is 18.6 Å². The van der Waals surface area contributed by atoms with Crippen molar-refractivity contribution < 1.29 is 13.2 Å². The number of halogens is 3. The molecule has 0 aliphatic carbocycles. The predicted molar refractivity (Wildman–Crippen MR) is 77.3 cm³/mol. The first-order chi connectivity index (χ1) is 10.1. The maximum Gasteiger partial charge on any atom is 0.131 e. The molecule has 1 unspecified atom stereocenters. The number of thiophene rings is 1. The van der Waals surface area contributed by atoms with E-state index in [9.17, 15) is 13.2 Å². The van der Waals surface area contributed by atoms with Crippen LogP contribution in [0.3, 0.4) is 0 Å². The lowest BCUT2D eigenvalue weighted by molar-refractivity contribution is 0.514. The molecule has 21 heavy (non-hydrogen) atoms. The molecule has 3 rings (SSSR count). The van der Waals surface area contributed by atoms with Gasteiger partial charge in [0.15, 0.2) is 0 Å². The molecule has 0 aliphatic heterocycles. The van der Waals surface area contributed by atoms with Crippen LogP contribution in [0.25, 0.3) is 10.1 Å². The number of nitrogens with two attached hydrogens (primary N) is 1. The molecular weight excluding hydrogens is 297 g/mol. The standard InChI is InChI=1S/C15H11F3N2S/c16-9-4-5-12-8(6-9)7-13(21-12)15(20-19)14-10(17)2-1-3-11(14)18/h1-7,15,20H,19H2. The van der Waals surface area contributed by atoms with Crippen molar-refractivity contribution in [1.29, 1.82) is 0 Å². The van der Waals surface area contributed by atoms with Crippen LogP contribution in [0.4, 0.5) is 13.2 Å². The minimum Gasteiger partial charge on any atom is -0.271 e. The molecule has 0 amide bonds. The van der Waals surface area contributed by atoms with Crippen molar-refractivity contribution in [1.82, 2.24) is 5.43 Å². The zero-order chi connectivity index (χ0) is 15.0. The van der Waals surface area contributed by atoms with Gasteiger partial charge in [0.1, 0.15) is 17.5 Å². The van der Waals surface area contributed by atoms with E-state index >= 15 is 0 Å². The monoisotopic (exact) mass is 308 g/mol. The van der Waals surface area contributed by atoms with Crippen LogP contribution in [-0.4, -0.2) is 0 Å². The highest BCUT2D eigenvalue weighted by molar-refractivity contribution is 7.19. The summed E-state index contributed by atoms with van der Waals surface area (Å²) in [5, 5.41) is 0.673. The second-order valence-corrected chi connectivity index (χ2v) is 5.68. The summed E-state index contributed by atoms with van der Waals surface area (Å²) in [5.74, 6) is 3.76. The molecule has 0 saturated carbocycles. The average molecular weight is 308 g/mol. The predicted octanol–water partition coefficient (Wildman–Crippen LogP) is 3.87. The molecular formula is C15H11F3N2S. The summed E-state index contributed by atoms with van der Waals surface area (Å²) in [6.45, 7) is 0. The van der Waals surface area contributed by atoms with Crippen molar-refractivity contribution in [3.8, 4) is 0 Å². The number of hydrogen-bond donors (Lipinski definition) is 2. The number of fused-ring (bicyclic) bond motifs is 1. The third-order valence-electron chi connectivity index (χ3n) is 3.24. The van der Waals surface area contributed by atoms with Crippen LogP contribution in [0, 0.1) is 17.5 Å². The topological polar surface area (TPSA) is 38.0 Å². The molecule has 3 aromatic rings. The first-order valence-electron chi connectivity index (χ1n) is 6.19. The molecule has 0 fully saturated rings. The van der Waals surface area contributed by atoms with Gasteiger partial charge in [-0.1, -0.05) is 6.07 Å². The highest BCUT2D eigenvalue weighted by Gasteiger charge is 2.22. The van der Waals surface area contributed by atoms with E-state index in [-0.39, 0.29) is 11.4 Å². The van der Waals surface area contributed by atoms with Gasteiger partial charge in [0, 0.05) is 15.1 Å². The van der Waals surface area contributed by atoms with Gasteiger partial charge >= 0.3 is 0 Å². The van der Waals surface area contributed by atoms with Crippen LogP contribution in [-0.2, 0) is 0 Å². The molecule has 0 spiro atoms. The third-order valence-corrected chi connectivity index (χ3v) is 4.42. The Bertz CT molecular complexity index is 780. The summed E-state index contributed by atoms with van der Waals surface area (Å²) in [6, 6.07) is 8.85. The van der Waals surface area contributed by atoms with E-state index in [4.69, 9.17) is 5.84 Å². The Labute approximate surface area is 123 Å². The van der Waals surface area contributed by atoms with E-state index in [1.165, 1.54) is 41.7 Å². The maximum absolute atomic E-state index is 13.9. The summed E-state index contributed by atoms with van der Waals surface area (Å²) in [4.78, 5) is 0.613. The lowest BCUT2D eigenvalue weighted by Crippen LogP contribution is -2.29. The molecule has 0 radical (unpaired) electrons. The molecule has 2 nitrogen and oxygen atoms in total. The molecule has 0 saturated heterocycles. The molecule has 1 aromatic heterocycles. The highest BCUT2D eigenvalue weighted by atomic mass is 32.1. The first-order valence-corrected chi connectivity index (χ1v) is 7.01. The van der Waals surface area contributed by atoms with Gasteiger partial charge in [-0.3, -0.25) is 5.84 Å². The van der Waals surface area contributed by atoms with E-state index < -0.39 is 17.7 Å². The van der Waals surface area contributed by atoms with Crippen molar-refractivity contribution >= 4 is 21.4 Å². The van der Waals surface area contributed by atoms with Crippen LogP contribution in [0.15, 0.2) is 42.5 Å². The van der Waals surface area contributed by atoms with Gasteiger partial charge in [0.05, 0.1) is 6.04 Å². The van der Waals surface area contributed by atoms with Crippen molar-refractivity contribution in [3.05, 3.63) is 70.4 Å². The number of hydrogen-bond acceptors (Lipinski definition) is 3. The summed E-state index contributed by atoms with van der Waals surface area (Å²) in [6.07, 6.45) is 0. The Kier molecular flexibility index (Phi) is 3.67. The van der Waals surface area contributed by atoms with Crippen molar-refractivity contribution in [2.75, 3.05) is 0 Å². The minimum atomic E-state index is -0.827. The zero-order valence-electron chi connectivity index (χ0n) is 10.7. The van der Waals surface area contributed by atoms with E-state index in [1.54, 1.807) is 12.1 Å². The number of benzene rings is 2. The fraction of sp³-hybridized carbons (Fsp3) is 0.0667. The minimum absolute atomic E-state index is 0.146. The van der Waals surface area contributed by atoms with Crippen molar-refractivity contribution in [3.63, 3.8) is 0 Å². The lowest BCUT2D eigenvalue weighted by atomic mass is 10.0. The quantitative estimate of drug-likeness (QED) is 0.569. The Morgan fingerprint density at radius 2 is 1.71 bits per heavy atom. The molecule has 1 heterocycles. The highest BCUT2D eigenvalue weighted by Crippen LogP contribution is 2.34. The van der Waals surface area contributed by atoms with Gasteiger partial charge in [0.25, 0.3) is 0 Å². The Morgan fingerprint density at radius 3 is 2.38 bits per heavy atom. The Balaban J connectivity index is 2.14. The molecule has 1 atom stereocenters. The van der Waals surface area contributed by atoms with Crippen LogP contribution < -0.4 is 11.3 Å². The van der Waals surface area contributed by atoms with E-state index in [0.717, 1.165) is 4.70 Å². The van der Waals surface area contributed by atoms with Crippen LogP contribution in [0.2, 0.25) is 0 Å². The Morgan fingerprint density at radius 1 is 1.00 bits per heavy atom. The fourth-order valence-electron chi connectivity index (χ4n) is 2.27. The van der Waals surface area contributed by atoms with E-state index in [0.29, 0.717) is 10.3 Å². The van der Waals surface area contributed by atoms with Crippen molar-refractivity contribution in [2.45, 2.75) is 6.04 Å². The molecule has 2 aromatic carbocycles. The molecule has 3 N–H and O–H groups in total. The van der Waals surface area contributed by atoms with Gasteiger partial charge in [-0.15, -0.1) is 11.3 Å². The third kappa shape index (κ3) is 2.53. The normalized spacial score (nSPS) is 12.8. The number of nitrogens with one attached hydrogen (secondary N) is 1. The van der Waals surface area contributed by atoms with Crippen molar-refractivity contribution in [2.24, 2.45) is 5.84 Å². The van der Waals surface area contributed by atoms with E-state index in [2.05, 4.69) is 5.43 Å². The summed E-state index contributed by atoms with van der Waals surface area (Å²) >= 11 is 1.31. The summed E-state index contributed by atoms with van der Waals surface area (Å²) < 4.78 is 41.9. The van der Waals surface area contributed by atoms with Crippen LogP contribution in [0.5, 0.6) is 0 Å². The molecule has 0 bridgehead atoms. The average Bonchev–Trinajstić information content (AvgIpc) is 2.85. The SMILES string of the molecule is NNC(c1cc2cc(F)ccc2s1)c1c(F)cccc1F. The van der Waals surface area contributed by atoms with Gasteiger partial charge in [0.2, 0.25) is 0 Å².